The van der Waals surface area contributed by atoms with Gasteiger partial charge >= 0.3 is 0 Å². The highest BCUT2D eigenvalue weighted by molar-refractivity contribution is 5.98. The number of nitrogens with zero attached hydrogens (tertiary/aromatic N) is 5. The molecule has 9 heteroatoms. The maximum atomic E-state index is 13.4. The molecule has 1 saturated heterocycles. The molecule has 0 radical (unpaired) electrons. The summed E-state index contributed by atoms with van der Waals surface area (Å²) in [5.74, 6) is 0.416. The van der Waals surface area contributed by atoms with Gasteiger partial charge in [-0.3, -0.25) is 24.0 Å². The van der Waals surface area contributed by atoms with Crippen LogP contribution in [-0.2, 0) is 30.8 Å². The van der Waals surface area contributed by atoms with E-state index in [1.54, 1.807) is 28.1 Å². The van der Waals surface area contributed by atoms with Crippen molar-refractivity contribution in [3.05, 3.63) is 76.9 Å². The van der Waals surface area contributed by atoms with Gasteiger partial charge in [0.25, 0.3) is 11.8 Å². The number of hydrogen-bond donors (Lipinski definition) is 1. The SMILES string of the molecule is O=C(NCc1ccccn1)c1nn(CC2CC2)c2c1CN(C(=O)c1ccc(N3CCCC3=O)cc1)CC2. The molecule has 2 aromatic heterocycles. The molecule has 190 valence electrons. The Morgan fingerprint density at radius 3 is 2.57 bits per heavy atom. The summed E-state index contributed by atoms with van der Waals surface area (Å²) in [5, 5.41) is 7.67. The minimum Gasteiger partial charge on any atom is -0.345 e. The van der Waals surface area contributed by atoms with Crippen molar-refractivity contribution in [2.75, 3.05) is 18.0 Å². The minimum atomic E-state index is -0.245. The van der Waals surface area contributed by atoms with Gasteiger partial charge in [0.1, 0.15) is 0 Å². The number of benzene rings is 1. The molecule has 4 heterocycles. The van der Waals surface area contributed by atoms with Crippen LogP contribution in [-0.4, -0.2) is 50.5 Å². The van der Waals surface area contributed by atoms with Crippen LogP contribution in [0.3, 0.4) is 0 Å². The van der Waals surface area contributed by atoms with Gasteiger partial charge in [-0.15, -0.1) is 0 Å². The largest absolute Gasteiger partial charge is 0.345 e. The van der Waals surface area contributed by atoms with Crippen LogP contribution in [0.5, 0.6) is 0 Å². The van der Waals surface area contributed by atoms with Crippen molar-refractivity contribution >= 4 is 23.4 Å². The molecule has 0 spiro atoms. The zero-order valence-electron chi connectivity index (χ0n) is 20.7. The first-order valence-corrected chi connectivity index (χ1v) is 13.0. The van der Waals surface area contributed by atoms with Gasteiger partial charge in [-0.05, 0) is 61.6 Å². The van der Waals surface area contributed by atoms with Gasteiger partial charge in [0, 0.05) is 61.2 Å². The van der Waals surface area contributed by atoms with Gasteiger partial charge in [-0.25, -0.2) is 0 Å². The fourth-order valence-corrected chi connectivity index (χ4v) is 5.19. The molecular formula is C28H30N6O3. The molecule has 1 N–H and O–H groups in total. The monoisotopic (exact) mass is 498 g/mol. The van der Waals surface area contributed by atoms with Crippen LogP contribution in [0.4, 0.5) is 5.69 Å². The number of pyridine rings is 1. The van der Waals surface area contributed by atoms with E-state index in [0.717, 1.165) is 42.1 Å². The first kappa shape index (κ1) is 23.4. The first-order chi connectivity index (χ1) is 18.1. The molecule has 0 bridgehead atoms. The lowest BCUT2D eigenvalue weighted by Crippen LogP contribution is -2.37. The Kier molecular flexibility index (Phi) is 6.20. The minimum absolute atomic E-state index is 0.0836. The number of anilines is 1. The third kappa shape index (κ3) is 4.85. The molecule has 3 amide bonds. The second kappa shape index (κ2) is 9.80. The number of fused-ring (bicyclic) bond motifs is 1. The van der Waals surface area contributed by atoms with Crippen LogP contribution < -0.4 is 10.2 Å². The van der Waals surface area contributed by atoms with Crippen molar-refractivity contribution in [3.8, 4) is 0 Å². The zero-order valence-corrected chi connectivity index (χ0v) is 20.7. The number of carbonyl (C=O) groups is 3. The summed E-state index contributed by atoms with van der Waals surface area (Å²) in [4.78, 5) is 46.5. The predicted octanol–water partition coefficient (Wildman–Crippen LogP) is 2.94. The molecule has 2 aliphatic heterocycles. The summed E-state index contributed by atoms with van der Waals surface area (Å²) in [7, 11) is 0. The van der Waals surface area contributed by atoms with Crippen molar-refractivity contribution in [1.29, 1.82) is 0 Å². The van der Waals surface area contributed by atoms with Crippen molar-refractivity contribution in [2.45, 2.75) is 51.7 Å². The van der Waals surface area contributed by atoms with Gasteiger partial charge in [-0.1, -0.05) is 6.07 Å². The Balaban J connectivity index is 1.20. The third-order valence-electron chi connectivity index (χ3n) is 7.42. The Morgan fingerprint density at radius 1 is 1.03 bits per heavy atom. The molecule has 1 saturated carbocycles. The highest BCUT2D eigenvalue weighted by atomic mass is 16.2. The molecule has 3 aromatic rings. The van der Waals surface area contributed by atoms with E-state index >= 15 is 0 Å². The zero-order chi connectivity index (χ0) is 25.4. The number of rotatable bonds is 7. The van der Waals surface area contributed by atoms with Crippen LogP contribution in [0.1, 0.15) is 63.5 Å². The van der Waals surface area contributed by atoms with Gasteiger partial charge in [0.2, 0.25) is 5.91 Å². The molecule has 9 nitrogen and oxygen atoms in total. The second-order valence-corrected chi connectivity index (χ2v) is 10.1. The molecule has 37 heavy (non-hydrogen) atoms. The van der Waals surface area contributed by atoms with E-state index in [1.165, 1.54) is 12.8 Å². The fraction of sp³-hybridized carbons (Fsp3) is 0.393. The second-order valence-electron chi connectivity index (χ2n) is 10.1. The molecule has 1 aliphatic carbocycles. The average Bonchev–Trinajstić information content (AvgIpc) is 3.54. The summed E-state index contributed by atoms with van der Waals surface area (Å²) in [6.07, 6.45) is 6.19. The Morgan fingerprint density at radius 2 is 1.86 bits per heavy atom. The fourth-order valence-electron chi connectivity index (χ4n) is 5.19. The maximum Gasteiger partial charge on any atom is 0.272 e. The summed E-state index contributed by atoms with van der Waals surface area (Å²) in [6.45, 7) is 2.77. The molecule has 0 unspecified atom stereocenters. The molecule has 6 rings (SSSR count). The van der Waals surface area contributed by atoms with E-state index in [9.17, 15) is 14.4 Å². The van der Waals surface area contributed by atoms with E-state index in [4.69, 9.17) is 5.10 Å². The summed E-state index contributed by atoms with van der Waals surface area (Å²) < 4.78 is 1.99. The van der Waals surface area contributed by atoms with Crippen LogP contribution in [0.2, 0.25) is 0 Å². The lowest BCUT2D eigenvalue weighted by molar-refractivity contribution is -0.117. The summed E-state index contributed by atoms with van der Waals surface area (Å²) in [5.41, 5.74) is 4.46. The number of amides is 3. The highest BCUT2D eigenvalue weighted by Gasteiger charge is 2.32. The Labute approximate surface area is 215 Å². The van der Waals surface area contributed by atoms with Gasteiger partial charge in [-0.2, -0.15) is 5.10 Å². The van der Waals surface area contributed by atoms with E-state index < -0.39 is 0 Å². The Bertz CT molecular complexity index is 1330. The van der Waals surface area contributed by atoms with E-state index in [2.05, 4.69) is 10.3 Å². The molecule has 0 atom stereocenters. The van der Waals surface area contributed by atoms with Crippen molar-refractivity contribution in [2.24, 2.45) is 5.92 Å². The van der Waals surface area contributed by atoms with Crippen LogP contribution in [0.15, 0.2) is 48.7 Å². The first-order valence-electron chi connectivity index (χ1n) is 13.0. The van der Waals surface area contributed by atoms with Gasteiger partial charge < -0.3 is 15.1 Å². The third-order valence-corrected chi connectivity index (χ3v) is 7.42. The maximum absolute atomic E-state index is 13.4. The predicted molar refractivity (Wildman–Crippen MR) is 137 cm³/mol. The molecule has 1 aromatic carbocycles. The molecular weight excluding hydrogens is 468 g/mol. The standard InChI is InChI=1S/C28H30N6O3/c35-25-5-3-14-33(25)22-10-8-20(9-11-22)28(37)32-15-12-24-23(18-32)26(31-34(24)17-19-6-7-19)27(36)30-16-21-4-1-2-13-29-21/h1-2,4,8-11,13,19H,3,5-7,12,14-18H2,(H,30,36). The average molecular weight is 499 g/mol. The molecule has 2 fully saturated rings. The van der Waals surface area contributed by atoms with E-state index in [0.29, 0.717) is 49.7 Å². The van der Waals surface area contributed by atoms with Crippen LogP contribution in [0, 0.1) is 5.92 Å². The highest BCUT2D eigenvalue weighted by Crippen LogP contribution is 2.33. The number of carbonyl (C=O) groups excluding carboxylic acids is 3. The van der Waals surface area contributed by atoms with Crippen LogP contribution >= 0.6 is 0 Å². The smallest absolute Gasteiger partial charge is 0.272 e. The summed E-state index contributed by atoms with van der Waals surface area (Å²) in [6, 6.07) is 12.9. The number of hydrogen-bond acceptors (Lipinski definition) is 5. The number of aromatic nitrogens is 3. The van der Waals surface area contributed by atoms with Crippen molar-refractivity contribution < 1.29 is 14.4 Å². The Hall–Kier alpha value is -4.01. The lowest BCUT2D eigenvalue weighted by Gasteiger charge is -2.28. The van der Waals surface area contributed by atoms with E-state index in [-0.39, 0.29) is 17.7 Å². The topological polar surface area (TPSA) is 100 Å². The normalized spacial score (nSPS) is 17.1. The van der Waals surface area contributed by atoms with Crippen molar-refractivity contribution in [3.63, 3.8) is 0 Å². The van der Waals surface area contributed by atoms with E-state index in [1.807, 2.05) is 35.0 Å². The lowest BCUT2D eigenvalue weighted by atomic mass is 10.0. The quantitative estimate of drug-likeness (QED) is 0.540. The molecule has 3 aliphatic rings. The number of nitrogens with one attached hydrogen (secondary N) is 1. The van der Waals surface area contributed by atoms with Gasteiger partial charge in [0.05, 0.1) is 18.8 Å². The van der Waals surface area contributed by atoms with Gasteiger partial charge in [0.15, 0.2) is 5.69 Å². The summed E-state index contributed by atoms with van der Waals surface area (Å²) >= 11 is 0. The van der Waals surface area contributed by atoms with Crippen LogP contribution in [0.25, 0.3) is 0 Å². The van der Waals surface area contributed by atoms with Crippen molar-refractivity contribution in [1.82, 2.24) is 25.0 Å².